The highest BCUT2D eigenvalue weighted by Crippen LogP contribution is 2.09. The molecule has 5 heteroatoms. The predicted molar refractivity (Wildman–Crippen MR) is 71.6 cm³/mol. The average Bonchev–Trinajstić information content (AvgIpc) is 2.34. The summed E-state index contributed by atoms with van der Waals surface area (Å²) < 4.78 is 0. The molecular formula is C12H18N2O2S. The van der Waals surface area contributed by atoms with E-state index >= 15 is 0 Å². The normalized spacial score (nSPS) is 12.2. The van der Waals surface area contributed by atoms with Crippen molar-refractivity contribution in [1.82, 2.24) is 9.88 Å². The van der Waals surface area contributed by atoms with Gasteiger partial charge in [-0.25, -0.2) is 0 Å². The smallest absolute Gasteiger partial charge is 0.254 e. The van der Waals surface area contributed by atoms with Crippen molar-refractivity contribution in [1.29, 1.82) is 0 Å². The minimum atomic E-state index is -0.249. The second-order valence-electron chi connectivity index (χ2n) is 3.99. The molecule has 0 aliphatic carbocycles. The van der Waals surface area contributed by atoms with Crippen molar-refractivity contribution in [2.45, 2.75) is 19.4 Å². The fourth-order valence-corrected chi connectivity index (χ4v) is 2.04. The number of carbonyl (C=O) groups is 1. The molecule has 17 heavy (non-hydrogen) atoms. The van der Waals surface area contributed by atoms with E-state index in [1.54, 1.807) is 29.8 Å². The maximum absolute atomic E-state index is 12.1. The third-order valence-corrected chi connectivity index (χ3v) is 3.39. The number of aromatic nitrogens is 1. The van der Waals surface area contributed by atoms with E-state index in [1.807, 2.05) is 13.2 Å². The summed E-state index contributed by atoms with van der Waals surface area (Å²) in [5, 5.41) is 0. The number of amides is 1. The van der Waals surface area contributed by atoms with Crippen LogP contribution in [0.15, 0.2) is 23.1 Å². The SMILES string of the molecule is CSCCC(C)N(C)C(=O)c1cc[nH]c(=O)c1. The highest BCUT2D eigenvalue weighted by Gasteiger charge is 2.17. The van der Waals surface area contributed by atoms with Crippen LogP contribution >= 0.6 is 11.8 Å². The molecule has 0 aliphatic heterocycles. The summed E-state index contributed by atoms with van der Waals surface area (Å²) >= 11 is 1.76. The number of thioether (sulfide) groups is 1. The van der Waals surface area contributed by atoms with Gasteiger partial charge in [0.05, 0.1) is 0 Å². The Morgan fingerprint density at radius 3 is 2.88 bits per heavy atom. The molecule has 94 valence electrons. The van der Waals surface area contributed by atoms with E-state index in [1.165, 1.54) is 12.3 Å². The van der Waals surface area contributed by atoms with Gasteiger partial charge in [-0.3, -0.25) is 9.59 Å². The Hall–Kier alpha value is -1.23. The van der Waals surface area contributed by atoms with E-state index in [2.05, 4.69) is 4.98 Å². The van der Waals surface area contributed by atoms with Crippen LogP contribution in [-0.4, -0.2) is 40.9 Å². The first-order chi connectivity index (χ1) is 8.06. The van der Waals surface area contributed by atoms with Crippen LogP contribution in [0.4, 0.5) is 0 Å². The van der Waals surface area contributed by atoms with Crippen molar-refractivity contribution in [2.75, 3.05) is 19.1 Å². The Balaban J connectivity index is 2.72. The predicted octanol–water partition coefficient (Wildman–Crippen LogP) is 1.59. The fraction of sp³-hybridized carbons (Fsp3) is 0.500. The Bertz CT molecular complexity index is 431. The summed E-state index contributed by atoms with van der Waals surface area (Å²) in [5.41, 5.74) is 0.188. The molecule has 1 rings (SSSR count). The summed E-state index contributed by atoms with van der Waals surface area (Å²) in [4.78, 5) is 27.4. The molecule has 1 amide bonds. The first-order valence-electron chi connectivity index (χ1n) is 5.51. The molecule has 1 N–H and O–H groups in total. The van der Waals surface area contributed by atoms with Crippen molar-refractivity contribution in [2.24, 2.45) is 0 Å². The number of nitrogens with one attached hydrogen (secondary N) is 1. The minimum Gasteiger partial charge on any atom is -0.339 e. The summed E-state index contributed by atoms with van der Waals surface area (Å²) in [7, 11) is 1.77. The summed E-state index contributed by atoms with van der Waals surface area (Å²) in [6.07, 6.45) is 4.49. The molecule has 0 saturated heterocycles. The van der Waals surface area contributed by atoms with Gasteiger partial charge < -0.3 is 9.88 Å². The van der Waals surface area contributed by atoms with Crippen molar-refractivity contribution >= 4 is 17.7 Å². The lowest BCUT2D eigenvalue weighted by molar-refractivity contribution is 0.0741. The molecule has 0 aliphatic rings. The van der Waals surface area contributed by atoms with Crippen LogP contribution in [-0.2, 0) is 0 Å². The van der Waals surface area contributed by atoms with Crippen molar-refractivity contribution < 1.29 is 4.79 Å². The maximum Gasteiger partial charge on any atom is 0.254 e. The fourth-order valence-electron chi connectivity index (χ4n) is 1.46. The van der Waals surface area contributed by atoms with Crippen LogP contribution in [0.2, 0.25) is 0 Å². The number of hydrogen-bond acceptors (Lipinski definition) is 3. The van der Waals surface area contributed by atoms with Crippen LogP contribution in [0.3, 0.4) is 0 Å². The second kappa shape index (κ2) is 6.49. The van der Waals surface area contributed by atoms with Crippen LogP contribution in [0.1, 0.15) is 23.7 Å². The molecule has 0 fully saturated rings. The van der Waals surface area contributed by atoms with Crippen molar-refractivity contribution in [3.63, 3.8) is 0 Å². The van der Waals surface area contributed by atoms with Gasteiger partial charge in [0.25, 0.3) is 5.91 Å². The molecule has 1 aromatic rings. The van der Waals surface area contributed by atoms with Gasteiger partial charge in [0.2, 0.25) is 5.56 Å². The van der Waals surface area contributed by atoms with Crippen LogP contribution in [0.5, 0.6) is 0 Å². The van der Waals surface area contributed by atoms with Crippen LogP contribution in [0, 0.1) is 0 Å². The third kappa shape index (κ3) is 3.93. The highest BCUT2D eigenvalue weighted by molar-refractivity contribution is 7.98. The first kappa shape index (κ1) is 13.8. The van der Waals surface area contributed by atoms with Gasteiger partial charge >= 0.3 is 0 Å². The van der Waals surface area contributed by atoms with E-state index in [0.29, 0.717) is 5.56 Å². The lowest BCUT2D eigenvalue weighted by Crippen LogP contribution is -2.35. The number of carbonyl (C=O) groups excluding carboxylic acids is 1. The molecule has 0 radical (unpaired) electrons. The van der Waals surface area contributed by atoms with Gasteiger partial charge in [-0.1, -0.05) is 0 Å². The number of pyridine rings is 1. The van der Waals surface area contributed by atoms with Gasteiger partial charge in [-0.2, -0.15) is 11.8 Å². The van der Waals surface area contributed by atoms with Crippen LogP contribution in [0.25, 0.3) is 0 Å². The first-order valence-corrected chi connectivity index (χ1v) is 6.90. The molecule has 0 aromatic carbocycles. The number of nitrogens with zero attached hydrogens (tertiary/aromatic N) is 1. The zero-order valence-electron chi connectivity index (χ0n) is 10.4. The monoisotopic (exact) mass is 254 g/mol. The summed E-state index contributed by atoms with van der Waals surface area (Å²) in [6.45, 7) is 2.02. The lowest BCUT2D eigenvalue weighted by Gasteiger charge is -2.24. The molecule has 1 unspecified atom stereocenters. The Morgan fingerprint density at radius 1 is 1.59 bits per heavy atom. The number of aromatic amines is 1. The van der Waals surface area contributed by atoms with E-state index in [-0.39, 0.29) is 17.5 Å². The highest BCUT2D eigenvalue weighted by atomic mass is 32.2. The van der Waals surface area contributed by atoms with Gasteiger partial charge in [0, 0.05) is 30.9 Å². The average molecular weight is 254 g/mol. The Labute approximate surface area is 105 Å². The minimum absolute atomic E-state index is 0.107. The molecule has 0 bridgehead atoms. The molecule has 0 saturated carbocycles. The zero-order chi connectivity index (χ0) is 12.8. The van der Waals surface area contributed by atoms with Crippen LogP contribution < -0.4 is 5.56 Å². The van der Waals surface area contributed by atoms with E-state index in [4.69, 9.17) is 0 Å². The Morgan fingerprint density at radius 2 is 2.29 bits per heavy atom. The third-order valence-electron chi connectivity index (χ3n) is 2.74. The number of hydrogen-bond donors (Lipinski definition) is 1. The summed E-state index contributed by atoms with van der Waals surface area (Å²) in [5.74, 6) is 0.915. The lowest BCUT2D eigenvalue weighted by atomic mass is 10.2. The van der Waals surface area contributed by atoms with E-state index in [0.717, 1.165) is 12.2 Å². The zero-order valence-corrected chi connectivity index (χ0v) is 11.2. The quantitative estimate of drug-likeness (QED) is 0.868. The molecule has 1 atom stereocenters. The van der Waals surface area contributed by atoms with Gasteiger partial charge in [0.15, 0.2) is 0 Å². The van der Waals surface area contributed by atoms with Crippen molar-refractivity contribution in [3.05, 3.63) is 34.2 Å². The summed E-state index contributed by atoms with van der Waals surface area (Å²) in [6, 6.07) is 3.14. The largest absolute Gasteiger partial charge is 0.339 e. The van der Waals surface area contributed by atoms with Crippen molar-refractivity contribution in [3.8, 4) is 0 Å². The molecule has 4 nitrogen and oxygen atoms in total. The van der Waals surface area contributed by atoms with Gasteiger partial charge in [0.1, 0.15) is 0 Å². The standard InChI is InChI=1S/C12H18N2O2S/c1-9(5-7-17-3)14(2)12(16)10-4-6-13-11(15)8-10/h4,6,8-9H,5,7H2,1-3H3,(H,13,15). The molecule has 1 heterocycles. The van der Waals surface area contributed by atoms with Gasteiger partial charge in [-0.05, 0) is 31.4 Å². The molecular weight excluding hydrogens is 236 g/mol. The molecule has 1 aromatic heterocycles. The Kier molecular flexibility index (Phi) is 5.28. The topological polar surface area (TPSA) is 53.2 Å². The molecule has 0 spiro atoms. The van der Waals surface area contributed by atoms with Gasteiger partial charge in [-0.15, -0.1) is 0 Å². The number of rotatable bonds is 5. The maximum atomic E-state index is 12.1. The van der Waals surface area contributed by atoms with E-state index in [9.17, 15) is 9.59 Å². The van der Waals surface area contributed by atoms with E-state index < -0.39 is 0 Å². The second-order valence-corrected chi connectivity index (χ2v) is 4.97. The number of H-pyrrole nitrogens is 1.